The molecule has 0 radical (unpaired) electrons. The first kappa shape index (κ1) is 21.0. The summed E-state index contributed by atoms with van der Waals surface area (Å²) in [5, 5.41) is -0.0444. The number of ether oxygens (including phenoxy) is 1. The first-order valence-corrected chi connectivity index (χ1v) is 10.5. The van der Waals surface area contributed by atoms with Crippen molar-refractivity contribution in [1.82, 2.24) is 0 Å². The van der Waals surface area contributed by atoms with Crippen LogP contribution in [0.1, 0.15) is 16.7 Å². The SMILES string of the molecule is Cc1ccc(Oc2cc(N(c3ccc(C)cc3)c3ccc(C)cc3)cc(F)c2Cl)cc1. The zero-order chi connectivity index (χ0) is 22.0. The predicted molar refractivity (Wildman–Crippen MR) is 127 cm³/mol. The minimum atomic E-state index is -0.537. The third-order valence-electron chi connectivity index (χ3n) is 5.07. The van der Waals surface area contributed by atoms with Crippen molar-refractivity contribution in [3.05, 3.63) is 112 Å². The van der Waals surface area contributed by atoms with Gasteiger partial charge in [-0.05, 0) is 63.2 Å². The van der Waals surface area contributed by atoms with Gasteiger partial charge in [-0.3, -0.25) is 0 Å². The van der Waals surface area contributed by atoms with E-state index in [1.54, 1.807) is 6.07 Å². The van der Waals surface area contributed by atoms with Crippen LogP contribution in [0.25, 0.3) is 0 Å². The van der Waals surface area contributed by atoms with E-state index in [4.69, 9.17) is 16.3 Å². The molecular formula is C27H23ClFNO. The van der Waals surface area contributed by atoms with Crippen LogP contribution < -0.4 is 9.64 Å². The third-order valence-corrected chi connectivity index (χ3v) is 5.44. The van der Waals surface area contributed by atoms with Gasteiger partial charge in [0.2, 0.25) is 0 Å². The fourth-order valence-corrected chi connectivity index (χ4v) is 3.47. The van der Waals surface area contributed by atoms with E-state index >= 15 is 0 Å². The number of rotatable bonds is 5. The van der Waals surface area contributed by atoms with Gasteiger partial charge in [0.15, 0.2) is 5.75 Å². The molecule has 4 aromatic rings. The number of anilines is 3. The second kappa shape index (κ2) is 8.83. The lowest BCUT2D eigenvalue weighted by atomic mass is 10.1. The Morgan fingerprint density at radius 2 is 1.10 bits per heavy atom. The number of benzene rings is 4. The van der Waals surface area contributed by atoms with E-state index in [1.807, 2.05) is 98.5 Å². The lowest BCUT2D eigenvalue weighted by molar-refractivity contribution is 0.477. The molecule has 4 aromatic carbocycles. The van der Waals surface area contributed by atoms with Crippen LogP contribution in [-0.2, 0) is 0 Å². The minimum absolute atomic E-state index is 0.0444. The van der Waals surface area contributed by atoms with E-state index in [-0.39, 0.29) is 10.8 Å². The molecule has 2 nitrogen and oxygen atoms in total. The van der Waals surface area contributed by atoms with Gasteiger partial charge in [0.1, 0.15) is 16.6 Å². The Morgan fingerprint density at radius 3 is 1.58 bits per heavy atom. The van der Waals surface area contributed by atoms with Crippen molar-refractivity contribution < 1.29 is 9.13 Å². The zero-order valence-electron chi connectivity index (χ0n) is 17.7. The van der Waals surface area contributed by atoms with Crippen LogP contribution in [0.15, 0.2) is 84.9 Å². The van der Waals surface area contributed by atoms with Crippen molar-refractivity contribution >= 4 is 28.7 Å². The van der Waals surface area contributed by atoms with Crippen LogP contribution >= 0.6 is 11.6 Å². The largest absolute Gasteiger partial charge is 0.456 e. The maximum absolute atomic E-state index is 14.9. The fraction of sp³-hybridized carbons (Fsp3) is 0.111. The van der Waals surface area contributed by atoms with Crippen molar-refractivity contribution in [2.24, 2.45) is 0 Å². The van der Waals surface area contributed by atoms with Crippen molar-refractivity contribution in [3.63, 3.8) is 0 Å². The molecule has 0 N–H and O–H groups in total. The number of halogens is 2. The molecular weight excluding hydrogens is 409 g/mol. The molecule has 31 heavy (non-hydrogen) atoms. The first-order valence-electron chi connectivity index (χ1n) is 10.1. The molecule has 156 valence electrons. The van der Waals surface area contributed by atoms with Crippen molar-refractivity contribution in [3.8, 4) is 11.5 Å². The molecule has 0 heterocycles. The Balaban J connectivity index is 1.82. The standard InChI is InChI=1S/C27H23ClFNO/c1-18-4-10-21(11-5-18)30(22-12-6-19(2)7-13-22)23-16-25(29)27(28)26(17-23)31-24-14-8-20(3)9-15-24/h4-17H,1-3H3. The zero-order valence-corrected chi connectivity index (χ0v) is 18.5. The summed E-state index contributed by atoms with van der Waals surface area (Å²) in [5.41, 5.74) is 5.87. The average molecular weight is 432 g/mol. The van der Waals surface area contributed by atoms with E-state index in [9.17, 15) is 4.39 Å². The maximum Gasteiger partial charge on any atom is 0.151 e. The van der Waals surface area contributed by atoms with Crippen LogP contribution in [-0.4, -0.2) is 0 Å². The van der Waals surface area contributed by atoms with E-state index < -0.39 is 5.82 Å². The summed E-state index contributed by atoms with van der Waals surface area (Å²) in [6.45, 7) is 6.07. The number of nitrogens with zero attached hydrogens (tertiary/aromatic N) is 1. The van der Waals surface area contributed by atoms with Crippen molar-refractivity contribution in [2.75, 3.05) is 4.90 Å². The second-order valence-electron chi connectivity index (χ2n) is 7.66. The summed E-state index contributed by atoms with van der Waals surface area (Å²) in [4.78, 5) is 1.99. The molecule has 0 fully saturated rings. The molecule has 0 saturated heterocycles. The van der Waals surface area contributed by atoms with Gasteiger partial charge in [-0.15, -0.1) is 0 Å². The summed E-state index contributed by atoms with van der Waals surface area (Å²) in [6.07, 6.45) is 0. The summed E-state index contributed by atoms with van der Waals surface area (Å²) in [7, 11) is 0. The minimum Gasteiger partial charge on any atom is -0.456 e. The summed E-state index contributed by atoms with van der Waals surface area (Å²) in [6, 6.07) is 27.0. The smallest absolute Gasteiger partial charge is 0.151 e. The molecule has 0 aliphatic rings. The van der Waals surface area contributed by atoms with E-state index in [2.05, 4.69) is 0 Å². The van der Waals surface area contributed by atoms with Crippen molar-refractivity contribution in [2.45, 2.75) is 20.8 Å². The van der Waals surface area contributed by atoms with Crippen LogP contribution in [0.4, 0.5) is 21.5 Å². The summed E-state index contributed by atoms with van der Waals surface area (Å²) >= 11 is 6.27. The van der Waals surface area contributed by atoms with Gasteiger partial charge in [0, 0.05) is 17.4 Å². The Bertz CT molecular complexity index is 1140. The monoisotopic (exact) mass is 431 g/mol. The second-order valence-corrected chi connectivity index (χ2v) is 8.04. The van der Waals surface area contributed by atoms with Gasteiger partial charge < -0.3 is 9.64 Å². The first-order chi connectivity index (χ1) is 14.9. The number of hydrogen-bond acceptors (Lipinski definition) is 2. The average Bonchev–Trinajstić information content (AvgIpc) is 2.76. The molecule has 0 spiro atoms. The number of hydrogen-bond donors (Lipinski definition) is 0. The number of aryl methyl sites for hydroxylation is 3. The Morgan fingerprint density at radius 1 is 0.645 bits per heavy atom. The fourth-order valence-electron chi connectivity index (χ4n) is 3.32. The molecule has 0 aliphatic heterocycles. The Kier molecular flexibility index (Phi) is 5.97. The van der Waals surface area contributed by atoms with Gasteiger partial charge in [-0.2, -0.15) is 0 Å². The third kappa shape index (κ3) is 4.73. The van der Waals surface area contributed by atoms with Gasteiger partial charge in [0.25, 0.3) is 0 Å². The van der Waals surface area contributed by atoms with E-state index in [0.29, 0.717) is 11.4 Å². The Labute approximate surface area is 187 Å². The van der Waals surface area contributed by atoms with Crippen LogP contribution in [0.5, 0.6) is 11.5 Å². The molecule has 0 atom stereocenters. The molecule has 0 unspecified atom stereocenters. The predicted octanol–water partition coefficient (Wildman–Crippen LogP) is 8.67. The van der Waals surface area contributed by atoms with Crippen molar-refractivity contribution in [1.29, 1.82) is 0 Å². The van der Waals surface area contributed by atoms with Crippen LogP contribution in [0, 0.1) is 26.6 Å². The van der Waals surface area contributed by atoms with Crippen LogP contribution in [0.3, 0.4) is 0 Å². The van der Waals surface area contributed by atoms with Gasteiger partial charge in [0.05, 0.1) is 5.69 Å². The summed E-state index contributed by atoms with van der Waals surface area (Å²) in [5.74, 6) is 0.330. The molecule has 0 aromatic heterocycles. The van der Waals surface area contributed by atoms with Gasteiger partial charge >= 0.3 is 0 Å². The molecule has 0 amide bonds. The highest BCUT2D eigenvalue weighted by molar-refractivity contribution is 6.32. The molecule has 0 saturated carbocycles. The van der Waals surface area contributed by atoms with Gasteiger partial charge in [-0.1, -0.05) is 64.7 Å². The molecule has 4 heteroatoms. The van der Waals surface area contributed by atoms with Gasteiger partial charge in [-0.25, -0.2) is 4.39 Å². The highest BCUT2D eigenvalue weighted by Gasteiger charge is 2.18. The molecule has 0 aliphatic carbocycles. The normalized spacial score (nSPS) is 10.7. The summed E-state index contributed by atoms with van der Waals surface area (Å²) < 4.78 is 20.8. The molecule has 0 bridgehead atoms. The van der Waals surface area contributed by atoms with E-state index in [0.717, 1.165) is 28.1 Å². The quantitative estimate of drug-likeness (QED) is 0.313. The molecule has 4 rings (SSSR count). The highest BCUT2D eigenvalue weighted by Crippen LogP contribution is 2.41. The lowest BCUT2D eigenvalue weighted by Gasteiger charge is -2.26. The lowest BCUT2D eigenvalue weighted by Crippen LogP contribution is -2.10. The maximum atomic E-state index is 14.9. The highest BCUT2D eigenvalue weighted by atomic mass is 35.5. The topological polar surface area (TPSA) is 12.5 Å². The Hall–Kier alpha value is -3.30. The van der Waals surface area contributed by atoms with Crippen LogP contribution in [0.2, 0.25) is 5.02 Å². The van der Waals surface area contributed by atoms with E-state index in [1.165, 1.54) is 6.07 Å².